The van der Waals surface area contributed by atoms with Gasteiger partial charge in [0.15, 0.2) is 0 Å². The molecule has 1 amide bonds. The highest BCUT2D eigenvalue weighted by atomic mass is 16.5. The zero-order valence-electron chi connectivity index (χ0n) is 19.3. The van der Waals surface area contributed by atoms with Gasteiger partial charge in [-0.25, -0.2) is 0 Å². The number of carbonyl (C=O) groups excluding carboxylic acids is 2. The second-order valence-electron chi connectivity index (χ2n) is 7.93. The summed E-state index contributed by atoms with van der Waals surface area (Å²) < 4.78 is 11.2. The van der Waals surface area contributed by atoms with Crippen LogP contribution in [0.4, 0.5) is 0 Å². The molecular weight excluding hydrogens is 420 g/mol. The number of Topliss-reactive ketones (excluding diaryl/α,β-unsaturated/α-hetero) is 1. The quantitative estimate of drug-likeness (QED) is 0.258. The zero-order chi connectivity index (χ0) is 24.0. The topological polar surface area (TPSA) is 79.3 Å². The molecule has 3 rings (SSSR count). The van der Waals surface area contributed by atoms with Gasteiger partial charge < -0.3 is 24.4 Å². The predicted octanol–water partition coefficient (Wildman–Crippen LogP) is 3.63. The maximum atomic E-state index is 13.1. The van der Waals surface area contributed by atoms with Crippen LogP contribution in [0.3, 0.4) is 0 Å². The number of benzene rings is 2. The van der Waals surface area contributed by atoms with Crippen LogP contribution < -0.4 is 9.47 Å². The third kappa shape index (κ3) is 5.43. The molecular formula is C26H30N2O5. The van der Waals surface area contributed by atoms with Gasteiger partial charge >= 0.3 is 0 Å². The van der Waals surface area contributed by atoms with Gasteiger partial charge in [-0.3, -0.25) is 9.59 Å². The fourth-order valence-electron chi connectivity index (χ4n) is 3.75. The summed E-state index contributed by atoms with van der Waals surface area (Å²) in [6, 6.07) is 13.3. The minimum atomic E-state index is -0.743. The number of hydrogen-bond donors (Lipinski definition) is 1. The van der Waals surface area contributed by atoms with Crippen LogP contribution in [0.1, 0.15) is 24.1 Å². The number of rotatable bonds is 10. The van der Waals surface area contributed by atoms with Gasteiger partial charge in [0.25, 0.3) is 11.7 Å². The van der Waals surface area contributed by atoms with E-state index in [-0.39, 0.29) is 11.3 Å². The molecule has 2 aromatic carbocycles. The van der Waals surface area contributed by atoms with Gasteiger partial charge in [-0.05, 0) is 50.8 Å². The van der Waals surface area contributed by atoms with Crippen molar-refractivity contribution in [1.82, 2.24) is 9.80 Å². The van der Waals surface area contributed by atoms with Crippen molar-refractivity contribution in [1.29, 1.82) is 0 Å². The van der Waals surface area contributed by atoms with E-state index in [1.807, 2.05) is 32.0 Å². The summed E-state index contributed by atoms with van der Waals surface area (Å²) in [7, 11) is 3.79. The first-order valence-electron chi connectivity index (χ1n) is 10.9. The number of aliphatic hydroxyl groups excluding tert-OH is 1. The SMILES string of the molecule is C=CCOc1cccc(C2/C(=C(\O)c3cccc(OCC)c3)C(=O)C(=O)N2CCN(C)C)c1. The number of ether oxygens (including phenoxy) is 2. The molecule has 0 radical (unpaired) electrons. The molecule has 1 saturated heterocycles. The highest BCUT2D eigenvalue weighted by Crippen LogP contribution is 2.40. The monoisotopic (exact) mass is 450 g/mol. The number of likely N-dealkylation sites (N-methyl/N-ethyl adjacent to an activating group) is 1. The maximum absolute atomic E-state index is 13.1. The van der Waals surface area contributed by atoms with Gasteiger partial charge in [0.1, 0.15) is 23.9 Å². The molecule has 33 heavy (non-hydrogen) atoms. The van der Waals surface area contributed by atoms with Gasteiger partial charge in [-0.2, -0.15) is 0 Å². The Kier molecular flexibility index (Phi) is 7.90. The Labute approximate surface area is 194 Å². The third-order valence-electron chi connectivity index (χ3n) is 5.29. The molecule has 2 aromatic rings. The average Bonchev–Trinajstić information content (AvgIpc) is 3.06. The van der Waals surface area contributed by atoms with Crippen LogP contribution in [0.2, 0.25) is 0 Å². The number of aliphatic hydroxyl groups is 1. The predicted molar refractivity (Wildman–Crippen MR) is 127 cm³/mol. The summed E-state index contributed by atoms with van der Waals surface area (Å²) in [6.07, 6.45) is 1.64. The van der Waals surface area contributed by atoms with Crippen molar-refractivity contribution >= 4 is 17.4 Å². The van der Waals surface area contributed by atoms with Crippen molar-refractivity contribution in [3.63, 3.8) is 0 Å². The van der Waals surface area contributed by atoms with E-state index < -0.39 is 17.7 Å². The Hall–Kier alpha value is -3.58. The molecule has 0 aromatic heterocycles. The molecule has 7 heteroatoms. The Morgan fingerprint density at radius 2 is 1.82 bits per heavy atom. The molecule has 0 saturated carbocycles. The fourth-order valence-corrected chi connectivity index (χ4v) is 3.75. The number of nitrogens with zero attached hydrogens (tertiary/aromatic N) is 2. The van der Waals surface area contributed by atoms with Crippen LogP contribution in [0.25, 0.3) is 5.76 Å². The largest absolute Gasteiger partial charge is 0.507 e. The molecule has 174 valence electrons. The molecule has 1 aliphatic heterocycles. The summed E-state index contributed by atoms with van der Waals surface area (Å²) in [5.74, 6) is -0.425. The first kappa shape index (κ1) is 24.1. The molecule has 7 nitrogen and oxygen atoms in total. The second-order valence-corrected chi connectivity index (χ2v) is 7.93. The lowest BCUT2D eigenvalue weighted by molar-refractivity contribution is -0.140. The molecule has 1 aliphatic rings. The number of likely N-dealkylation sites (tertiary alicyclic amines) is 1. The van der Waals surface area contributed by atoms with Crippen LogP contribution >= 0.6 is 0 Å². The highest BCUT2D eigenvalue weighted by molar-refractivity contribution is 6.46. The minimum Gasteiger partial charge on any atom is -0.507 e. The van der Waals surface area contributed by atoms with Gasteiger partial charge in [-0.1, -0.05) is 36.9 Å². The van der Waals surface area contributed by atoms with Crippen molar-refractivity contribution in [2.24, 2.45) is 0 Å². The molecule has 1 N–H and O–H groups in total. The van der Waals surface area contributed by atoms with E-state index in [0.29, 0.717) is 48.9 Å². The van der Waals surface area contributed by atoms with Crippen LogP contribution in [0.5, 0.6) is 11.5 Å². The molecule has 1 atom stereocenters. The summed E-state index contributed by atoms with van der Waals surface area (Å²) in [4.78, 5) is 29.6. The number of ketones is 1. The lowest BCUT2D eigenvalue weighted by atomic mass is 9.95. The Morgan fingerprint density at radius 1 is 1.12 bits per heavy atom. The van der Waals surface area contributed by atoms with Crippen molar-refractivity contribution in [3.05, 3.63) is 77.9 Å². The summed E-state index contributed by atoms with van der Waals surface area (Å²) in [5, 5.41) is 11.2. The van der Waals surface area contributed by atoms with Gasteiger partial charge in [0.2, 0.25) is 0 Å². The van der Waals surface area contributed by atoms with E-state index >= 15 is 0 Å². The maximum Gasteiger partial charge on any atom is 0.295 e. The molecule has 1 unspecified atom stereocenters. The number of hydrogen-bond acceptors (Lipinski definition) is 6. The molecule has 0 bridgehead atoms. The van der Waals surface area contributed by atoms with Crippen LogP contribution in [0.15, 0.2) is 66.8 Å². The highest BCUT2D eigenvalue weighted by Gasteiger charge is 2.46. The van der Waals surface area contributed by atoms with Crippen LogP contribution in [-0.2, 0) is 9.59 Å². The molecule has 0 spiro atoms. The Morgan fingerprint density at radius 3 is 2.48 bits per heavy atom. The Balaban J connectivity index is 2.12. The van der Waals surface area contributed by atoms with Crippen molar-refractivity contribution < 1.29 is 24.2 Å². The molecule has 1 heterocycles. The first-order chi connectivity index (χ1) is 15.9. The average molecular weight is 451 g/mol. The summed E-state index contributed by atoms with van der Waals surface area (Å²) in [5.41, 5.74) is 1.14. The van der Waals surface area contributed by atoms with E-state index in [9.17, 15) is 14.7 Å². The fraction of sp³-hybridized carbons (Fsp3) is 0.308. The van der Waals surface area contributed by atoms with E-state index in [0.717, 1.165) is 0 Å². The smallest absolute Gasteiger partial charge is 0.295 e. The van der Waals surface area contributed by atoms with Gasteiger partial charge in [-0.15, -0.1) is 0 Å². The standard InChI is InChI=1S/C26H30N2O5/c1-5-15-33-21-12-7-9-18(16-21)23-22(25(30)26(31)28(23)14-13-27(3)4)24(29)19-10-8-11-20(17-19)32-6-2/h5,7-12,16-17,23,29H,1,6,13-15H2,2-4H3/b24-22+. The summed E-state index contributed by atoms with van der Waals surface area (Å²) in [6.45, 7) is 7.22. The lowest BCUT2D eigenvalue weighted by Crippen LogP contribution is -2.35. The van der Waals surface area contributed by atoms with E-state index in [2.05, 4.69) is 6.58 Å². The van der Waals surface area contributed by atoms with E-state index in [1.165, 1.54) is 4.90 Å². The van der Waals surface area contributed by atoms with Crippen molar-refractivity contribution in [2.45, 2.75) is 13.0 Å². The zero-order valence-corrected chi connectivity index (χ0v) is 19.3. The van der Waals surface area contributed by atoms with Crippen molar-refractivity contribution in [3.8, 4) is 11.5 Å². The van der Waals surface area contributed by atoms with Gasteiger partial charge in [0.05, 0.1) is 18.2 Å². The number of carbonyl (C=O) groups is 2. The van der Waals surface area contributed by atoms with Crippen LogP contribution in [-0.4, -0.2) is 67.0 Å². The number of amides is 1. The normalized spacial score (nSPS) is 17.5. The Bertz CT molecular complexity index is 1060. The third-order valence-corrected chi connectivity index (χ3v) is 5.29. The van der Waals surface area contributed by atoms with Gasteiger partial charge in [0, 0.05) is 18.7 Å². The molecule has 0 aliphatic carbocycles. The van der Waals surface area contributed by atoms with Crippen LogP contribution in [0, 0.1) is 0 Å². The van der Waals surface area contributed by atoms with E-state index in [1.54, 1.807) is 48.5 Å². The lowest BCUT2D eigenvalue weighted by Gasteiger charge is -2.27. The first-order valence-corrected chi connectivity index (χ1v) is 10.9. The minimum absolute atomic E-state index is 0.0493. The second kappa shape index (κ2) is 10.8. The molecule has 1 fully saturated rings. The van der Waals surface area contributed by atoms with Crippen molar-refractivity contribution in [2.75, 3.05) is 40.4 Å². The summed E-state index contributed by atoms with van der Waals surface area (Å²) >= 11 is 0. The van der Waals surface area contributed by atoms with E-state index in [4.69, 9.17) is 9.47 Å².